The van der Waals surface area contributed by atoms with Gasteiger partial charge in [0.15, 0.2) is 6.17 Å². The van der Waals surface area contributed by atoms with Crippen molar-refractivity contribution in [3.8, 4) is 11.3 Å². The second-order valence-corrected chi connectivity index (χ2v) is 9.11. The van der Waals surface area contributed by atoms with Gasteiger partial charge in [-0.2, -0.15) is 0 Å². The van der Waals surface area contributed by atoms with E-state index in [1.165, 1.54) is 0 Å². The molecule has 1 atom stereocenters. The van der Waals surface area contributed by atoms with Gasteiger partial charge in [-0.3, -0.25) is 9.69 Å². The molecule has 0 aliphatic carbocycles. The topological polar surface area (TPSA) is 45.5 Å². The number of nitrogens with zero attached hydrogens (tertiary/aromatic N) is 1. The lowest BCUT2D eigenvalue weighted by Crippen LogP contribution is -2.43. The van der Waals surface area contributed by atoms with Crippen molar-refractivity contribution in [1.82, 2.24) is 0 Å². The molecule has 1 N–H and O–H groups in total. The van der Waals surface area contributed by atoms with Crippen molar-refractivity contribution < 1.29 is 9.21 Å². The largest absolute Gasteiger partial charge is 0.457 e. The van der Waals surface area contributed by atoms with Crippen LogP contribution in [-0.2, 0) is 0 Å². The molecule has 6 heteroatoms. The molecule has 0 radical (unpaired) electrons. The number of carbonyl (C=O) groups excluding carboxylic acids is 1. The van der Waals surface area contributed by atoms with Crippen molar-refractivity contribution in [3.63, 3.8) is 0 Å². The van der Waals surface area contributed by atoms with E-state index in [1.54, 1.807) is 4.90 Å². The van der Waals surface area contributed by atoms with Crippen LogP contribution in [0.25, 0.3) is 11.3 Å². The molecule has 3 aromatic carbocycles. The molecular weight excluding hydrogens is 555 g/mol. The number of para-hydroxylation sites is 1. The van der Waals surface area contributed by atoms with Gasteiger partial charge in [-0.1, -0.05) is 40.2 Å². The first-order valence-corrected chi connectivity index (χ1v) is 11.3. The highest BCUT2D eigenvalue weighted by molar-refractivity contribution is 14.1. The Hall–Kier alpha value is -2.58. The first-order chi connectivity index (χ1) is 14.6. The molecule has 1 amide bonds. The molecule has 148 valence electrons. The third kappa shape index (κ3) is 3.54. The van der Waals surface area contributed by atoms with E-state index in [9.17, 15) is 4.79 Å². The van der Waals surface area contributed by atoms with E-state index in [1.807, 2.05) is 84.9 Å². The number of rotatable bonds is 3. The van der Waals surface area contributed by atoms with E-state index in [0.717, 1.165) is 30.7 Å². The number of nitrogens with one attached hydrogen (secondary N) is 1. The van der Waals surface area contributed by atoms with Crippen molar-refractivity contribution in [3.05, 3.63) is 104 Å². The van der Waals surface area contributed by atoms with Crippen molar-refractivity contribution in [1.29, 1.82) is 0 Å². The summed E-state index contributed by atoms with van der Waals surface area (Å²) in [7, 11) is 0. The minimum atomic E-state index is -0.448. The molecule has 0 bridgehead atoms. The predicted molar refractivity (Wildman–Crippen MR) is 131 cm³/mol. The molecule has 1 aliphatic heterocycles. The van der Waals surface area contributed by atoms with E-state index < -0.39 is 6.17 Å². The number of amides is 1. The fourth-order valence-electron chi connectivity index (χ4n) is 3.59. The summed E-state index contributed by atoms with van der Waals surface area (Å²) in [5, 5.41) is 3.48. The molecule has 0 saturated carbocycles. The molecule has 30 heavy (non-hydrogen) atoms. The standard InChI is InChI=1S/C24H16BrIN2O2/c25-16-7-5-15(6-8-16)21-13-14-22(30-21)23-27-20-4-2-1-3-19(20)24(29)28(23)18-11-9-17(26)10-12-18/h1-14,23,27H/t23-/m1/s1. The van der Waals surface area contributed by atoms with Crippen molar-refractivity contribution >= 4 is 55.8 Å². The van der Waals surface area contributed by atoms with Gasteiger partial charge in [0.2, 0.25) is 0 Å². The number of carbonyl (C=O) groups is 1. The summed E-state index contributed by atoms with van der Waals surface area (Å²) in [6, 6.07) is 27.3. The highest BCUT2D eigenvalue weighted by atomic mass is 127. The van der Waals surface area contributed by atoms with E-state index in [-0.39, 0.29) is 5.91 Å². The van der Waals surface area contributed by atoms with E-state index in [2.05, 4.69) is 43.8 Å². The number of furan rings is 1. The molecule has 1 aromatic heterocycles. The first kappa shape index (κ1) is 19.4. The number of hydrogen-bond acceptors (Lipinski definition) is 3. The SMILES string of the molecule is O=C1c2ccccc2N[C@@H](c2ccc(-c3ccc(Br)cc3)o2)N1c1ccc(I)cc1. The minimum absolute atomic E-state index is 0.0582. The normalized spacial score (nSPS) is 15.6. The van der Waals surface area contributed by atoms with E-state index in [0.29, 0.717) is 11.3 Å². The zero-order chi connectivity index (χ0) is 20.7. The van der Waals surface area contributed by atoms with Gasteiger partial charge in [-0.25, -0.2) is 0 Å². The van der Waals surface area contributed by atoms with E-state index >= 15 is 0 Å². The molecule has 4 nitrogen and oxygen atoms in total. The zero-order valence-corrected chi connectivity index (χ0v) is 19.4. The van der Waals surface area contributed by atoms with Crippen LogP contribution >= 0.6 is 38.5 Å². The molecule has 0 fully saturated rings. The van der Waals surface area contributed by atoms with Gasteiger partial charge in [0.25, 0.3) is 5.91 Å². The summed E-state index contributed by atoms with van der Waals surface area (Å²) in [6.45, 7) is 0. The Morgan fingerprint density at radius 1 is 0.900 bits per heavy atom. The average molecular weight is 571 g/mol. The van der Waals surface area contributed by atoms with Gasteiger partial charge >= 0.3 is 0 Å². The minimum Gasteiger partial charge on any atom is -0.457 e. The molecule has 0 saturated heterocycles. The maximum Gasteiger partial charge on any atom is 0.262 e. The van der Waals surface area contributed by atoms with Crippen molar-refractivity contribution in [2.75, 3.05) is 10.2 Å². The van der Waals surface area contributed by atoms with Crippen LogP contribution in [0.5, 0.6) is 0 Å². The molecule has 0 unspecified atom stereocenters. The lowest BCUT2D eigenvalue weighted by atomic mass is 10.1. The first-order valence-electron chi connectivity index (χ1n) is 9.40. The number of hydrogen-bond donors (Lipinski definition) is 1. The number of fused-ring (bicyclic) bond motifs is 1. The van der Waals surface area contributed by atoms with Gasteiger partial charge in [-0.15, -0.1) is 0 Å². The fraction of sp³-hybridized carbons (Fsp3) is 0.0417. The van der Waals surface area contributed by atoms with Crippen molar-refractivity contribution in [2.24, 2.45) is 0 Å². The van der Waals surface area contributed by atoms with Crippen LogP contribution in [0.2, 0.25) is 0 Å². The number of halogens is 2. The number of benzene rings is 3. The van der Waals surface area contributed by atoms with Crippen LogP contribution in [-0.4, -0.2) is 5.91 Å². The van der Waals surface area contributed by atoms with Crippen LogP contribution in [0.4, 0.5) is 11.4 Å². The number of anilines is 2. The second kappa shape index (κ2) is 7.92. The van der Waals surface area contributed by atoms with Crippen LogP contribution in [0.1, 0.15) is 22.3 Å². The molecule has 2 heterocycles. The Balaban J connectivity index is 1.58. The van der Waals surface area contributed by atoms with Crippen LogP contribution in [0, 0.1) is 3.57 Å². The van der Waals surface area contributed by atoms with Gasteiger partial charge in [-0.05, 0) is 83.3 Å². The molecular formula is C24H16BrIN2O2. The molecule has 0 spiro atoms. The highest BCUT2D eigenvalue weighted by Gasteiger charge is 2.35. The Kier molecular flexibility index (Phi) is 5.12. The average Bonchev–Trinajstić information content (AvgIpc) is 3.25. The van der Waals surface area contributed by atoms with Crippen LogP contribution in [0.15, 0.2) is 93.8 Å². The zero-order valence-electron chi connectivity index (χ0n) is 15.7. The third-order valence-corrected chi connectivity index (χ3v) is 6.30. The lowest BCUT2D eigenvalue weighted by Gasteiger charge is -2.36. The summed E-state index contributed by atoms with van der Waals surface area (Å²) in [6.07, 6.45) is -0.448. The molecule has 4 aromatic rings. The second-order valence-electron chi connectivity index (χ2n) is 6.95. The summed E-state index contributed by atoms with van der Waals surface area (Å²) in [5.41, 5.74) is 3.24. The molecule has 1 aliphatic rings. The van der Waals surface area contributed by atoms with Gasteiger partial charge < -0.3 is 9.73 Å². The Labute approximate surface area is 196 Å². The van der Waals surface area contributed by atoms with Gasteiger partial charge in [0, 0.05) is 25.0 Å². The summed E-state index contributed by atoms with van der Waals surface area (Å²) in [5.74, 6) is 1.37. The third-order valence-electron chi connectivity index (χ3n) is 5.06. The smallest absolute Gasteiger partial charge is 0.262 e. The highest BCUT2D eigenvalue weighted by Crippen LogP contribution is 2.38. The maximum atomic E-state index is 13.4. The van der Waals surface area contributed by atoms with Crippen LogP contribution < -0.4 is 10.2 Å². The fourth-order valence-corrected chi connectivity index (χ4v) is 4.21. The Bertz CT molecular complexity index is 1220. The van der Waals surface area contributed by atoms with Crippen molar-refractivity contribution in [2.45, 2.75) is 6.17 Å². The van der Waals surface area contributed by atoms with Gasteiger partial charge in [0.1, 0.15) is 11.5 Å². The Morgan fingerprint density at radius 2 is 1.63 bits per heavy atom. The summed E-state index contributed by atoms with van der Waals surface area (Å²) in [4.78, 5) is 15.2. The molecule has 5 rings (SSSR count). The maximum absolute atomic E-state index is 13.4. The van der Waals surface area contributed by atoms with E-state index in [4.69, 9.17) is 4.42 Å². The Morgan fingerprint density at radius 3 is 2.40 bits per heavy atom. The van der Waals surface area contributed by atoms with Crippen LogP contribution in [0.3, 0.4) is 0 Å². The summed E-state index contributed by atoms with van der Waals surface area (Å²) < 4.78 is 8.34. The monoisotopic (exact) mass is 570 g/mol. The van der Waals surface area contributed by atoms with Gasteiger partial charge in [0.05, 0.1) is 5.56 Å². The lowest BCUT2D eigenvalue weighted by molar-refractivity contribution is 0.0972. The quantitative estimate of drug-likeness (QED) is 0.268. The summed E-state index contributed by atoms with van der Waals surface area (Å²) >= 11 is 5.72. The predicted octanol–water partition coefficient (Wildman–Crippen LogP) is 7.08.